The summed E-state index contributed by atoms with van der Waals surface area (Å²) >= 11 is 2.36. The average molecular weight is 472 g/mol. The van der Waals surface area contributed by atoms with Gasteiger partial charge in [0, 0.05) is 29.2 Å². The fourth-order valence-electron chi connectivity index (χ4n) is 3.09. The van der Waals surface area contributed by atoms with Crippen molar-refractivity contribution in [2.45, 2.75) is 16.8 Å². The number of aliphatic carboxylic acids is 1. The molecule has 0 saturated carbocycles. The van der Waals surface area contributed by atoms with Crippen LogP contribution in [0, 0.1) is 5.82 Å². The molecule has 0 saturated heterocycles. The number of carboxylic acids is 1. The molecule has 2 aromatic carbocycles. The van der Waals surface area contributed by atoms with E-state index in [2.05, 4.69) is 25.8 Å². The molecule has 1 unspecified atom stereocenters. The first kappa shape index (κ1) is 21.8. The normalized spacial score (nSPS) is 11.9. The third-order valence-electron chi connectivity index (χ3n) is 4.54. The molecule has 2 aromatic heterocycles. The molecule has 8 nitrogen and oxygen atoms in total. The first-order chi connectivity index (χ1) is 15.5. The number of fused-ring (bicyclic) bond motifs is 1. The largest absolute Gasteiger partial charge is 0.480 e. The molecule has 2 heterocycles. The Kier molecular flexibility index (Phi) is 6.66. The van der Waals surface area contributed by atoms with E-state index < -0.39 is 17.9 Å². The number of aromatic amines is 1. The Balaban J connectivity index is 1.32. The van der Waals surface area contributed by atoms with Crippen molar-refractivity contribution >= 4 is 56.7 Å². The maximum Gasteiger partial charge on any atom is 0.326 e. The van der Waals surface area contributed by atoms with E-state index in [1.165, 1.54) is 23.5 Å². The third-order valence-corrected chi connectivity index (χ3v) is 6.51. The Hall–Kier alpha value is -3.44. The maximum atomic E-state index is 13.3. The van der Waals surface area contributed by atoms with Gasteiger partial charge in [0.1, 0.15) is 11.9 Å². The van der Waals surface area contributed by atoms with E-state index in [-0.39, 0.29) is 18.0 Å². The summed E-state index contributed by atoms with van der Waals surface area (Å²) in [7, 11) is 0. The number of halogens is 1. The number of carboxylic acid groups (broad SMARTS) is 1. The lowest BCUT2D eigenvalue weighted by Crippen LogP contribution is -2.43. The molecule has 164 valence electrons. The van der Waals surface area contributed by atoms with Gasteiger partial charge in [0.05, 0.1) is 5.75 Å². The van der Waals surface area contributed by atoms with Crippen LogP contribution in [0.3, 0.4) is 0 Å². The molecule has 0 radical (unpaired) electrons. The van der Waals surface area contributed by atoms with Crippen LogP contribution in [0.4, 0.5) is 15.2 Å². The Labute approximate surface area is 190 Å². The molecule has 4 aromatic rings. The van der Waals surface area contributed by atoms with E-state index in [0.717, 1.165) is 28.2 Å². The lowest BCUT2D eigenvalue weighted by molar-refractivity contribution is -0.141. The molecule has 32 heavy (non-hydrogen) atoms. The van der Waals surface area contributed by atoms with Gasteiger partial charge in [-0.1, -0.05) is 47.4 Å². The zero-order chi connectivity index (χ0) is 22.5. The minimum Gasteiger partial charge on any atom is -0.480 e. The zero-order valence-corrected chi connectivity index (χ0v) is 18.2. The van der Waals surface area contributed by atoms with Crippen LogP contribution in [0.2, 0.25) is 0 Å². The van der Waals surface area contributed by atoms with E-state index in [4.69, 9.17) is 0 Å². The van der Waals surface area contributed by atoms with Gasteiger partial charge in [-0.2, -0.15) is 0 Å². The van der Waals surface area contributed by atoms with Gasteiger partial charge in [0.25, 0.3) is 0 Å². The number of hydrogen-bond donors (Lipinski definition) is 4. The minimum atomic E-state index is -1.11. The predicted molar refractivity (Wildman–Crippen MR) is 122 cm³/mol. The van der Waals surface area contributed by atoms with E-state index in [1.807, 2.05) is 24.3 Å². The van der Waals surface area contributed by atoms with Crippen molar-refractivity contribution in [2.24, 2.45) is 0 Å². The number of aromatic nitrogens is 3. The summed E-state index contributed by atoms with van der Waals surface area (Å²) in [6.45, 7) is 0. The Morgan fingerprint density at radius 1 is 1.19 bits per heavy atom. The molecule has 4 rings (SSSR count). The number of rotatable bonds is 9. The molecule has 1 amide bonds. The molecule has 0 spiro atoms. The van der Waals surface area contributed by atoms with Gasteiger partial charge in [-0.25, -0.2) is 9.18 Å². The number of hydrogen-bond acceptors (Lipinski definition) is 7. The van der Waals surface area contributed by atoms with Gasteiger partial charge in [-0.15, -0.1) is 10.2 Å². The fraction of sp³-hybridized carbons (Fsp3) is 0.143. The minimum absolute atomic E-state index is 0.00768. The topological polar surface area (TPSA) is 120 Å². The summed E-state index contributed by atoms with van der Waals surface area (Å²) in [5.74, 6) is -1.90. The summed E-state index contributed by atoms with van der Waals surface area (Å²) in [5.41, 5.74) is 2.27. The lowest BCUT2D eigenvalue weighted by Gasteiger charge is -2.13. The second kappa shape index (κ2) is 9.79. The van der Waals surface area contributed by atoms with Crippen LogP contribution in [0.15, 0.2) is 59.1 Å². The van der Waals surface area contributed by atoms with Gasteiger partial charge in [0.2, 0.25) is 11.0 Å². The number of benzene rings is 2. The first-order valence-corrected chi connectivity index (χ1v) is 11.3. The van der Waals surface area contributed by atoms with E-state index in [1.54, 1.807) is 18.3 Å². The molecule has 0 fully saturated rings. The van der Waals surface area contributed by atoms with Crippen molar-refractivity contribution in [1.29, 1.82) is 0 Å². The van der Waals surface area contributed by atoms with Crippen LogP contribution in [0.25, 0.3) is 10.9 Å². The Morgan fingerprint density at radius 3 is 2.84 bits per heavy atom. The molecule has 0 aliphatic rings. The highest BCUT2D eigenvalue weighted by molar-refractivity contribution is 8.01. The summed E-state index contributed by atoms with van der Waals surface area (Å²) < 4.78 is 13.8. The number of nitrogens with one attached hydrogen (secondary N) is 3. The second-order valence-corrected chi connectivity index (χ2v) is 9.02. The quantitative estimate of drug-likeness (QED) is 0.274. The van der Waals surface area contributed by atoms with Gasteiger partial charge < -0.3 is 20.7 Å². The molecule has 0 aliphatic carbocycles. The van der Waals surface area contributed by atoms with Crippen molar-refractivity contribution in [3.05, 3.63) is 66.1 Å². The van der Waals surface area contributed by atoms with Crippen molar-refractivity contribution in [2.75, 3.05) is 11.1 Å². The first-order valence-electron chi connectivity index (χ1n) is 9.54. The van der Waals surface area contributed by atoms with Crippen LogP contribution in [-0.2, 0) is 16.0 Å². The summed E-state index contributed by atoms with van der Waals surface area (Å²) in [4.78, 5) is 27.1. The van der Waals surface area contributed by atoms with Crippen LogP contribution in [0.5, 0.6) is 0 Å². The lowest BCUT2D eigenvalue weighted by atomic mass is 10.1. The van der Waals surface area contributed by atoms with Gasteiger partial charge >= 0.3 is 5.97 Å². The predicted octanol–water partition coefficient (Wildman–Crippen LogP) is 3.81. The molecular weight excluding hydrogens is 453 g/mol. The average Bonchev–Trinajstić information content (AvgIpc) is 3.39. The zero-order valence-electron chi connectivity index (χ0n) is 16.5. The van der Waals surface area contributed by atoms with E-state index in [0.29, 0.717) is 15.2 Å². The van der Waals surface area contributed by atoms with Gasteiger partial charge in [-0.3, -0.25) is 4.79 Å². The number of carbonyl (C=O) groups excluding carboxylic acids is 1. The van der Waals surface area contributed by atoms with Crippen LogP contribution in [0.1, 0.15) is 5.56 Å². The highest BCUT2D eigenvalue weighted by atomic mass is 32.2. The smallest absolute Gasteiger partial charge is 0.326 e. The fourth-order valence-corrected chi connectivity index (χ4v) is 4.68. The standard InChI is InChI=1S/C21H18FN5O3S2/c22-13-4-3-5-14(9-13)24-20-26-27-21(32-20)31-11-18(28)25-17(19(29)30)8-12-10-23-16-7-2-1-6-15(12)16/h1-7,9-10,17,23H,8,11H2,(H,24,26)(H,25,28)(H,29,30). The maximum absolute atomic E-state index is 13.3. The molecule has 0 bridgehead atoms. The Bertz CT molecular complexity index is 1260. The van der Waals surface area contributed by atoms with Crippen molar-refractivity contribution < 1.29 is 19.1 Å². The van der Waals surface area contributed by atoms with Gasteiger partial charge in [-0.05, 0) is 29.8 Å². The number of nitrogens with zero attached hydrogens (tertiary/aromatic N) is 2. The summed E-state index contributed by atoms with van der Waals surface area (Å²) in [6.07, 6.45) is 1.92. The van der Waals surface area contributed by atoms with E-state index in [9.17, 15) is 19.1 Å². The number of anilines is 2. The second-order valence-electron chi connectivity index (χ2n) is 6.82. The number of H-pyrrole nitrogens is 1. The van der Waals surface area contributed by atoms with Crippen molar-refractivity contribution in [3.8, 4) is 0 Å². The van der Waals surface area contributed by atoms with Crippen LogP contribution >= 0.6 is 23.1 Å². The molecule has 0 aliphatic heterocycles. The number of amides is 1. The van der Waals surface area contributed by atoms with E-state index >= 15 is 0 Å². The van der Waals surface area contributed by atoms with Crippen molar-refractivity contribution in [3.63, 3.8) is 0 Å². The van der Waals surface area contributed by atoms with Crippen molar-refractivity contribution in [1.82, 2.24) is 20.5 Å². The number of para-hydroxylation sites is 1. The Morgan fingerprint density at radius 2 is 2.03 bits per heavy atom. The monoisotopic (exact) mass is 471 g/mol. The SMILES string of the molecule is O=C(CSc1nnc(Nc2cccc(F)c2)s1)NC(Cc1c[nH]c2ccccc12)C(=O)O. The van der Waals surface area contributed by atoms with Crippen LogP contribution < -0.4 is 10.6 Å². The number of thioether (sulfide) groups is 1. The molecule has 11 heteroatoms. The molecule has 4 N–H and O–H groups in total. The number of carbonyl (C=O) groups is 2. The van der Waals surface area contributed by atoms with Crippen LogP contribution in [-0.4, -0.2) is 44.0 Å². The van der Waals surface area contributed by atoms with Gasteiger partial charge in [0.15, 0.2) is 4.34 Å². The highest BCUT2D eigenvalue weighted by Crippen LogP contribution is 2.27. The summed E-state index contributed by atoms with van der Waals surface area (Å²) in [5, 5.41) is 24.4. The third kappa shape index (κ3) is 5.42. The summed E-state index contributed by atoms with van der Waals surface area (Å²) in [6, 6.07) is 12.5. The molecule has 1 atom stereocenters. The highest BCUT2D eigenvalue weighted by Gasteiger charge is 2.22. The molecular formula is C21H18FN5O3S2.